The molecule has 0 saturated carbocycles. The highest BCUT2D eigenvalue weighted by molar-refractivity contribution is 7.15. The van der Waals surface area contributed by atoms with Crippen LogP contribution in [0.5, 0.6) is 0 Å². The lowest BCUT2D eigenvalue weighted by molar-refractivity contribution is 0.627. The predicted molar refractivity (Wildman–Crippen MR) is 108 cm³/mol. The molecule has 0 atom stereocenters. The molecular weight excluding hydrogens is 408 g/mol. The van der Waals surface area contributed by atoms with Crippen molar-refractivity contribution in [1.82, 2.24) is 15.2 Å². The lowest BCUT2D eigenvalue weighted by Crippen LogP contribution is -2.46. The fraction of sp³-hybridized carbons (Fsp3) is 0.278. The molecule has 0 amide bonds. The Kier molecular flexibility index (Phi) is 5.43. The van der Waals surface area contributed by atoms with E-state index >= 15 is 0 Å². The molecule has 27 heavy (non-hydrogen) atoms. The van der Waals surface area contributed by atoms with E-state index in [0.717, 1.165) is 47.7 Å². The van der Waals surface area contributed by atoms with Gasteiger partial charge >= 0.3 is 0 Å². The van der Waals surface area contributed by atoms with Crippen molar-refractivity contribution in [2.75, 3.05) is 36.0 Å². The minimum Gasteiger partial charge on any atom is -0.352 e. The molecule has 140 valence electrons. The second-order valence-electron chi connectivity index (χ2n) is 6.21. The molecule has 3 aromatic rings. The van der Waals surface area contributed by atoms with Crippen LogP contribution in [-0.2, 0) is 6.42 Å². The van der Waals surface area contributed by atoms with E-state index < -0.39 is 0 Å². The molecule has 0 unspecified atom stereocenters. The summed E-state index contributed by atoms with van der Waals surface area (Å²) in [5, 5.41) is 11.5. The quantitative estimate of drug-likeness (QED) is 0.625. The number of piperazine rings is 1. The van der Waals surface area contributed by atoms with Crippen LogP contribution in [0.2, 0.25) is 10.0 Å². The topological polar surface area (TPSA) is 45.2 Å². The van der Waals surface area contributed by atoms with Crippen molar-refractivity contribution < 1.29 is 4.39 Å². The van der Waals surface area contributed by atoms with Gasteiger partial charge in [-0.2, -0.15) is 0 Å². The Morgan fingerprint density at radius 3 is 2.41 bits per heavy atom. The van der Waals surface area contributed by atoms with E-state index in [0.29, 0.717) is 16.5 Å². The Labute approximate surface area is 170 Å². The van der Waals surface area contributed by atoms with Crippen molar-refractivity contribution in [1.29, 1.82) is 0 Å². The fourth-order valence-electron chi connectivity index (χ4n) is 2.97. The molecular formula is C18H16Cl2FN5S. The monoisotopic (exact) mass is 423 g/mol. The van der Waals surface area contributed by atoms with E-state index in [1.165, 1.54) is 12.1 Å². The number of nitrogens with zero attached hydrogens (tertiary/aromatic N) is 5. The normalized spacial score (nSPS) is 14.6. The first-order chi connectivity index (χ1) is 13.1. The third-order valence-electron chi connectivity index (χ3n) is 4.36. The van der Waals surface area contributed by atoms with Gasteiger partial charge in [-0.15, -0.1) is 10.2 Å². The third-order valence-corrected chi connectivity index (χ3v) is 5.83. The first-order valence-corrected chi connectivity index (χ1v) is 10.0. The van der Waals surface area contributed by atoms with Gasteiger partial charge in [0.1, 0.15) is 16.6 Å². The average molecular weight is 424 g/mol. The summed E-state index contributed by atoms with van der Waals surface area (Å²) in [5.74, 6) is 0.528. The number of rotatable bonds is 4. The molecule has 0 N–H and O–H groups in total. The van der Waals surface area contributed by atoms with Crippen molar-refractivity contribution in [3.8, 4) is 0 Å². The molecule has 2 aromatic heterocycles. The van der Waals surface area contributed by atoms with E-state index in [1.807, 2.05) is 0 Å². The van der Waals surface area contributed by atoms with Gasteiger partial charge in [0.15, 0.2) is 0 Å². The van der Waals surface area contributed by atoms with Crippen LogP contribution in [0.15, 0.2) is 36.5 Å². The second kappa shape index (κ2) is 7.96. The molecule has 1 aromatic carbocycles. The van der Waals surface area contributed by atoms with Crippen LogP contribution in [0.1, 0.15) is 10.6 Å². The number of hydrogen-bond acceptors (Lipinski definition) is 6. The zero-order valence-electron chi connectivity index (χ0n) is 14.3. The van der Waals surface area contributed by atoms with Crippen LogP contribution in [0.25, 0.3) is 0 Å². The van der Waals surface area contributed by atoms with Gasteiger partial charge in [0.2, 0.25) is 5.13 Å². The van der Waals surface area contributed by atoms with Gasteiger partial charge in [-0.25, -0.2) is 9.37 Å². The summed E-state index contributed by atoms with van der Waals surface area (Å²) in [6, 6.07) is 8.19. The Hall–Kier alpha value is -1.96. The van der Waals surface area contributed by atoms with Gasteiger partial charge < -0.3 is 9.80 Å². The van der Waals surface area contributed by atoms with E-state index in [2.05, 4.69) is 25.0 Å². The maximum absolute atomic E-state index is 13.0. The maximum Gasteiger partial charge on any atom is 0.208 e. The number of aromatic nitrogens is 3. The zero-order valence-corrected chi connectivity index (χ0v) is 16.6. The highest BCUT2D eigenvalue weighted by atomic mass is 35.5. The van der Waals surface area contributed by atoms with Crippen molar-refractivity contribution in [2.45, 2.75) is 6.42 Å². The van der Waals surface area contributed by atoms with E-state index in [4.69, 9.17) is 23.2 Å². The molecule has 0 radical (unpaired) electrons. The maximum atomic E-state index is 13.0. The summed E-state index contributed by atoms with van der Waals surface area (Å²) in [6.45, 7) is 3.21. The summed E-state index contributed by atoms with van der Waals surface area (Å²) in [6.07, 6.45) is 2.27. The molecule has 4 rings (SSSR count). The van der Waals surface area contributed by atoms with Crippen LogP contribution in [0.4, 0.5) is 15.3 Å². The zero-order chi connectivity index (χ0) is 18.8. The van der Waals surface area contributed by atoms with E-state index in [-0.39, 0.29) is 5.82 Å². The molecule has 1 fully saturated rings. The van der Waals surface area contributed by atoms with Gasteiger partial charge in [0.25, 0.3) is 0 Å². The lowest BCUT2D eigenvalue weighted by Gasteiger charge is -2.35. The molecule has 0 spiro atoms. The molecule has 1 aliphatic rings. The van der Waals surface area contributed by atoms with Crippen LogP contribution in [0, 0.1) is 5.82 Å². The van der Waals surface area contributed by atoms with Gasteiger partial charge in [-0.1, -0.05) is 46.7 Å². The molecule has 1 aliphatic heterocycles. The Balaban J connectivity index is 1.38. The van der Waals surface area contributed by atoms with E-state index in [9.17, 15) is 4.39 Å². The summed E-state index contributed by atoms with van der Waals surface area (Å²) < 4.78 is 13.0. The minimum absolute atomic E-state index is 0.232. The number of benzene rings is 1. The Morgan fingerprint density at radius 1 is 1.00 bits per heavy atom. The van der Waals surface area contributed by atoms with Crippen LogP contribution in [0.3, 0.4) is 0 Å². The predicted octanol–water partition coefficient (Wildman–Crippen LogP) is 4.30. The van der Waals surface area contributed by atoms with Gasteiger partial charge in [-0.05, 0) is 23.8 Å². The van der Waals surface area contributed by atoms with Crippen molar-refractivity contribution >= 4 is 45.5 Å². The Morgan fingerprint density at radius 2 is 1.70 bits per heavy atom. The van der Waals surface area contributed by atoms with Crippen LogP contribution in [-0.4, -0.2) is 41.4 Å². The van der Waals surface area contributed by atoms with Gasteiger partial charge in [0, 0.05) is 38.8 Å². The molecule has 9 heteroatoms. The molecule has 5 nitrogen and oxygen atoms in total. The first kappa shape index (κ1) is 18.4. The molecule has 0 bridgehead atoms. The number of hydrogen-bond donors (Lipinski definition) is 0. The van der Waals surface area contributed by atoms with Gasteiger partial charge in [0.05, 0.1) is 10.0 Å². The first-order valence-electron chi connectivity index (χ1n) is 8.46. The lowest BCUT2D eigenvalue weighted by atomic mass is 10.2. The highest BCUT2D eigenvalue weighted by Gasteiger charge is 2.22. The number of pyridine rings is 1. The van der Waals surface area contributed by atoms with E-state index in [1.54, 1.807) is 35.7 Å². The number of anilines is 2. The van der Waals surface area contributed by atoms with Gasteiger partial charge in [-0.3, -0.25) is 0 Å². The third kappa shape index (κ3) is 4.31. The average Bonchev–Trinajstić information content (AvgIpc) is 3.12. The summed E-state index contributed by atoms with van der Waals surface area (Å²) >= 11 is 13.8. The van der Waals surface area contributed by atoms with Crippen LogP contribution >= 0.6 is 34.5 Å². The highest BCUT2D eigenvalue weighted by Crippen LogP contribution is 2.28. The van der Waals surface area contributed by atoms with Crippen molar-refractivity contribution in [3.63, 3.8) is 0 Å². The summed E-state index contributed by atoms with van der Waals surface area (Å²) in [5.41, 5.74) is 1.02. The fourth-order valence-corrected chi connectivity index (χ4v) is 4.39. The smallest absolute Gasteiger partial charge is 0.208 e. The van der Waals surface area contributed by atoms with Crippen molar-refractivity contribution in [2.24, 2.45) is 0 Å². The molecule has 1 saturated heterocycles. The number of halogens is 3. The molecule has 0 aliphatic carbocycles. The molecule has 3 heterocycles. The summed E-state index contributed by atoms with van der Waals surface area (Å²) in [4.78, 5) is 8.71. The largest absolute Gasteiger partial charge is 0.352 e. The minimum atomic E-state index is -0.232. The SMILES string of the molecule is Fc1ccc(Cc2nnc(N3CCN(c4ncc(Cl)cc4Cl)CC3)s2)cc1. The standard InChI is InChI=1S/C18H16Cl2FN5S/c19-13-10-15(20)17(22-11-13)25-5-7-26(8-6-25)18-24-23-16(27-18)9-12-1-3-14(21)4-2-12/h1-4,10-11H,5-9H2. The summed E-state index contributed by atoms with van der Waals surface area (Å²) in [7, 11) is 0. The van der Waals surface area contributed by atoms with Crippen molar-refractivity contribution in [3.05, 3.63) is 63.0 Å². The van der Waals surface area contributed by atoms with Crippen LogP contribution < -0.4 is 9.80 Å². The second-order valence-corrected chi connectivity index (χ2v) is 8.10. The Bertz CT molecular complexity index is 926.